The molecule has 7 heteroatoms. The van der Waals surface area contributed by atoms with Crippen LogP contribution in [-0.4, -0.2) is 26.4 Å². The van der Waals surface area contributed by atoms with Crippen LogP contribution >= 0.6 is 15.9 Å². The van der Waals surface area contributed by atoms with Gasteiger partial charge in [0, 0.05) is 16.1 Å². The molecular formula is C25H22BrNO5. The molecule has 0 N–H and O–H groups in total. The molecule has 6 nitrogen and oxygen atoms in total. The quantitative estimate of drug-likeness (QED) is 0.166. The maximum absolute atomic E-state index is 12.0. The molecule has 0 amide bonds. The van der Waals surface area contributed by atoms with Crippen LogP contribution in [0.5, 0.6) is 17.2 Å². The third kappa shape index (κ3) is 6.72. The summed E-state index contributed by atoms with van der Waals surface area (Å²) in [5, 5.41) is 3.79. The average molecular weight is 496 g/mol. The largest absolute Gasteiger partial charge is 0.493 e. The van der Waals surface area contributed by atoms with Crippen LogP contribution in [0.25, 0.3) is 6.08 Å². The fraction of sp³-hybridized carbons (Fsp3) is 0.120. The number of hydrogen-bond acceptors (Lipinski definition) is 6. The highest BCUT2D eigenvalue weighted by Gasteiger charge is 2.05. The predicted molar refractivity (Wildman–Crippen MR) is 127 cm³/mol. The Bertz CT molecular complexity index is 1110. The monoisotopic (exact) mass is 495 g/mol. The molecule has 0 saturated carbocycles. The third-order valence-electron chi connectivity index (χ3n) is 4.38. The van der Waals surface area contributed by atoms with Crippen molar-refractivity contribution in [1.29, 1.82) is 0 Å². The third-order valence-corrected chi connectivity index (χ3v) is 4.91. The molecule has 0 bridgehead atoms. The first kappa shape index (κ1) is 23.1. The van der Waals surface area contributed by atoms with Gasteiger partial charge >= 0.3 is 5.97 Å². The maximum atomic E-state index is 12.0. The highest BCUT2D eigenvalue weighted by atomic mass is 79.9. The Morgan fingerprint density at radius 2 is 1.69 bits per heavy atom. The first-order valence-corrected chi connectivity index (χ1v) is 10.5. The SMILES string of the molecule is COc1ccc(/C=C\C(=O)O/N=C/c2ccccc2OCc2ccc(Br)cc2)cc1OC. The summed E-state index contributed by atoms with van der Waals surface area (Å²) in [6, 6.07) is 20.6. The van der Waals surface area contributed by atoms with Crippen LogP contribution in [0.3, 0.4) is 0 Å². The summed E-state index contributed by atoms with van der Waals surface area (Å²) in [4.78, 5) is 16.9. The number of para-hydroxylation sites is 1. The van der Waals surface area contributed by atoms with Gasteiger partial charge in [-0.1, -0.05) is 51.4 Å². The van der Waals surface area contributed by atoms with Crippen LogP contribution in [0, 0.1) is 0 Å². The van der Waals surface area contributed by atoms with Crippen molar-refractivity contribution in [2.24, 2.45) is 5.16 Å². The zero-order chi connectivity index (χ0) is 22.8. The number of carbonyl (C=O) groups is 1. The van der Waals surface area contributed by atoms with E-state index >= 15 is 0 Å². The van der Waals surface area contributed by atoms with E-state index in [2.05, 4.69) is 21.1 Å². The first-order valence-electron chi connectivity index (χ1n) is 9.70. The van der Waals surface area contributed by atoms with Crippen LogP contribution in [0.4, 0.5) is 0 Å². The van der Waals surface area contributed by atoms with E-state index in [0.717, 1.165) is 15.6 Å². The topological polar surface area (TPSA) is 66.4 Å². The molecule has 3 aromatic carbocycles. The summed E-state index contributed by atoms with van der Waals surface area (Å²) < 4.78 is 17.3. The van der Waals surface area contributed by atoms with Crippen molar-refractivity contribution in [3.05, 3.63) is 94.0 Å². The molecule has 0 saturated heterocycles. The van der Waals surface area contributed by atoms with Gasteiger partial charge in [-0.2, -0.15) is 0 Å². The molecule has 32 heavy (non-hydrogen) atoms. The Morgan fingerprint density at radius 3 is 2.44 bits per heavy atom. The van der Waals surface area contributed by atoms with Crippen LogP contribution < -0.4 is 14.2 Å². The zero-order valence-corrected chi connectivity index (χ0v) is 19.2. The number of benzene rings is 3. The summed E-state index contributed by atoms with van der Waals surface area (Å²) in [7, 11) is 3.11. The molecule has 0 aromatic heterocycles. The predicted octanol–water partition coefficient (Wildman–Crippen LogP) is 5.64. The lowest BCUT2D eigenvalue weighted by atomic mass is 10.2. The second kappa shape index (κ2) is 11.7. The molecule has 0 heterocycles. The molecule has 0 aliphatic heterocycles. The lowest BCUT2D eigenvalue weighted by Gasteiger charge is -2.09. The smallest absolute Gasteiger partial charge is 0.358 e. The van der Waals surface area contributed by atoms with E-state index in [1.165, 1.54) is 12.3 Å². The standard InChI is InChI=1S/C25H22BrNO5/c1-29-23-13-9-18(15-24(23)30-2)10-14-25(28)32-27-16-20-5-3-4-6-22(20)31-17-19-7-11-21(26)12-8-19/h3-16H,17H2,1-2H3/b14-10-,27-16+. The van der Waals surface area contributed by atoms with E-state index in [9.17, 15) is 4.79 Å². The molecule has 164 valence electrons. The van der Waals surface area contributed by atoms with Gasteiger partial charge in [0.25, 0.3) is 0 Å². The minimum Gasteiger partial charge on any atom is -0.493 e. The molecule has 3 rings (SSSR count). The van der Waals surface area contributed by atoms with E-state index in [1.807, 2.05) is 48.5 Å². The Labute approximate surface area is 195 Å². The van der Waals surface area contributed by atoms with Gasteiger partial charge in [0.05, 0.1) is 20.4 Å². The minimum absolute atomic E-state index is 0.409. The fourth-order valence-electron chi connectivity index (χ4n) is 2.75. The van der Waals surface area contributed by atoms with Crippen molar-refractivity contribution in [2.45, 2.75) is 6.61 Å². The first-order chi connectivity index (χ1) is 15.6. The van der Waals surface area contributed by atoms with E-state index in [0.29, 0.717) is 29.4 Å². The van der Waals surface area contributed by atoms with E-state index in [-0.39, 0.29) is 0 Å². The summed E-state index contributed by atoms with van der Waals surface area (Å²) in [6.45, 7) is 0.409. The molecule has 0 aliphatic rings. The summed E-state index contributed by atoms with van der Waals surface area (Å²) in [6.07, 6.45) is 4.34. The van der Waals surface area contributed by atoms with E-state index in [1.54, 1.807) is 38.5 Å². The lowest BCUT2D eigenvalue weighted by Crippen LogP contribution is -1.99. The van der Waals surface area contributed by atoms with Gasteiger partial charge in [0.15, 0.2) is 11.5 Å². The van der Waals surface area contributed by atoms with Crippen LogP contribution in [0.15, 0.2) is 82.4 Å². The number of oxime groups is 1. The second-order valence-corrected chi connectivity index (χ2v) is 7.46. The van der Waals surface area contributed by atoms with E-state index < -0.39 is 5.97 Å². The van der Waals surface area contributed by atoms with Gasteiger partial charge in [-0.3, -0.25) is 0 Å². The zero-order valence-electron chi connectivity index (χ0n) is 17.7. The van der Waals surface area contributed by atoms with Gasteiger partial charge in [0.1, 0.15) is 12.4 Å². The second-order valence-electron chi connectivity index (χ2n) is 6.55. The van der Waals surface area contributed by atoms with Crippen molar-refractivity contribution in [2.75, 3.05) is 14.2 Å². The highest BCUT2D eigenvalue weighted by Crippen LogP contribution is 2.28. The Morgan fingerprint density at radius 1 is 0.938 bits per heavy atom. The Kier molecular flexibility index (Phi) is 8.45. The van der Waals surface area contributed by atoms with Crippen molar-refractivity contribution in [3.63, 3.8) is 0 Å². The van der Waals surface area contributed by atoms with Crippen molar-refractivity contribution >= 4 is 34.2 Å². The van der Waals surface area contributed by atoms with Crippen molar-refractivity contribution in [3.8, 4) is 17.2 Å². The number of rotatable bonds is 9. The van der Waals surface area contributed by atoms with Crippen molar-refractivity contribution < 1.29 is 23.8 Å². The van der Waals surface area contributed by atoms with Gasteiger partial charge in [-0.15, -0.1) is 0 Å². The maximum Gasteiger partial charge on any atom is 0.358 e. The number of ether oxygens (including phenoxy) is 3. The number of hydrogen-bond donors (Lipinski definition) is 0. The normalized spacial score (nSPS) is 11.0. The Balaban J connectivity index is 1.58. The molecule has 0 fully saturated rings. The number of carbonyl (C=O) groups excluding carboxylic acids is 1. The van der Waals surface area contributed by atoms with Crippen molar-refractivity contribution in [1.82, 2.24) is 0 Å². The number of nitrogens with zero attached hydrogens (tertiary/aromatic N) is 1. The molecule has 0 unspecified atom stereocenters. The van der Waals surface area contributed by atoms with E-state index in [4.69, 9.17) is 19.0 Å². The summed E-state index contributed by atoms with van der Waals surface area (Å²) in [5.74, 6) is 1.21. The van der Waals surface area contributed by atoms with Gasteiger partial charge in [0.2, 0.25) is 0 Å². The molecular weight excluding hydrogens is 474 g/mol. The molecule has 0 spiro atoms. The van der Waals surface area contributed by atoms with Crippen LogP contribution in [0.2, 0.25) is 0 Å². The van der Waals surface area contributed by atoms with Crippen LogP contribution in [-0.2, 0) is 16.2 Å². The summed E-state index contributed by atoms with van der Waals surface area (Å²) in [5.41, 5.74) is 2.49. The number of methoxy groups -OCH3 is 2. The van der Waals surface area contributed by atoms with Gasteiger partial charge < -0.3 is 19.0 Å². The van der Waals surface area contributed by atoms with Gasteiger partial charge in [-0.05, 0) is 53.6 Å². The average Bonchev–Trinajstić information content (AvgIpc) is 2.83. The molecule has 0 radical (unpaired) electrons. The lowest BCUT2D eigenvalue weighted by molar-refractivity contribution is -0.137. The highest BCUT2D eigenvalue weighted by molar-refractivity contribution is 9.10. The Hall–Kier alpha value is -3.58. The molecule has 0 atom stereocenters. The number of halogens is 1. The minimum atomic E-state index is -0.607. The fourth-order valence-corrected chi connectivity index (χ4v) is 3.01. The molecule has 3 aromatic rings. The van der Waals surface area contributed by atoms with Crippen LogP contribution in [0.1, 0.15) is 16.7 Å². The van der Waals surface area contributed by atoms with Gasteiger partial charge in [-0.25, -0.2) is 4.79 Å². The summed E-state index contributed by atoms with van der Waals surface area (Å²) >= 11 is 3.41. The molecule has 0 aliphatic carbocycles.